The zero-order valence-electron chi connectivity index (χ0n) is 10.8. The van der Waals surface area contributed by atoms with E-state index in [2.05, 4.69) is 10.0 Å². The number of hydrogen-bond acceptors (Lipinski definition) is 3. The van der Waals surface area contributed by atoms with Crippen LogP contribution >= 0.6 is 0 Å². The third kappa shape index (κ3) is 3.62. The van der Waals surface area contributed by atoms with Gasteiger partial charge in [0.15, 0.2) is 4.90 Å². The maximum absolute atomic E-state index is 13.4. The van der Waals surface area contributed by atoms with Crippen molar-refractivity contribution >= 4 is 10.0 Å². The summed E-state index contributed by atoms with van der Waals surface area (Å²) in [5, 5.41) is 3.15. The second kappa shape index (κ2) is 6.43. The lowest BCUT2D eigenvalue weighted by molar-refractivity contribution is 0.514. The Bertz CT molecular complexity index is 595. The van der Waals surface area contributed by atoms with E-state index in [-0.39, 0.29) is 6.54 Å². The second-order valence-electron chi connectivity index (χ2n) is 4.52. The van der Waals surface area contributed by atoms with Crippen LogP contribution in [0.5, 0.6) is 0 Å². The summed E-state index contributed by atoms with van der Waals surface area (Å²) < 4.78 is 52.9. The summed E-state index contributed by atoms with van der Waals surface area (Å²) >= 11 is 0. The van der Waals surface area contributed by atoms with Crippen LogP contribution in [0, 0.1) is 11.6 Å². The highest BCUT2D eigenvalue weighted by Gasteiger charge is 2.23. The molecular formula is C13H16F2N2O2S. The first-order valence-corrected chi connectivity index (χ1v) is 7.81. The van der Waals surface area contributed by atoms with Crippen LogP contribution in [-0.2, 0) is 10.0 Å². The Labute approximate surface area is 116 Å². The van der Waals surface area contributed by atoms with Crippen molar-refractivity contribution in [1.29, 1.82) is 0 Å². The molecule has 110 valence electrons. The molecule has 0 unspecified atom stereocenters. The molecule has 0 aromatic heterocycles. The molecule has 4 nitrogen and oxygen atoms in total. The van der Waals surface area contributed by atoms with E-state index in [1.54, 1.807) is 0 Å². The molecule has 0 saturated heterocycles. The van der Waals surface area contributed by atoms with E-state index in [0.717, 1.165) is 43.3 Å². The van der Waals surface area contributed by atoms with Crippen LogP contribution in [0.3, 0.4) is 0 Å². The van der Waals surface area contributed by atoms with Gasteiger partial charge in [-0.05, 0) is 31.5 Å². The zero-order chi connectivity index (χ0) is 14.6. The summed E-state index contributed by atoms with van der Waals surface area (Å²) in [4.78, 5) is -0.917. The van der Waals surface area contributed by atoms with Gasteiger partial charge in [-0.25, -0.2) is 21.9 Å². The van der Waals surface area contributed by atoms with Gasteiger partial charge < -0.3 is 5.32 Å². The largest absolute Gasteiger partial charge is 0.313 e. The maximum atomic E-state index is 13.4. The van der Waals surface area contributed by atoms with Crippen molar-refractivity contribution in [2.45, 2.75) is 17.7 Å². The first-order chi connectivity index (χ1) is 9.50. The third-order valence-corrected chi connectivity index (χ3v) is 4.60. The van der Waals surface area contributed by atoms with Crippen molar-refractivity contribution in [2.75, 3.05) is 19.6 Å². The van der Waals surface area contributed by atoms with Gasteiger partial charge in [0.1, 0.15) is 11.6 Å². The minimum Gasteiger partial charge on any atom is -0.313 e. The minimum absolute atomic E-state index is 0.127. The van der Waals surface area contributed by atoms with Crippen LogP contribution in [0.15, 0.2) is 34.7 Å². The molecule has 1 aliphatic rings. The minimum atomic E-state index is -4.17. The fourth-order valence-corrected chi connectivity index (χ4v) is 3.22. The topological polar surface area (TPSA) is 58.2 Å². The third-order valence-electron chi connectivity index (χ3n) is 3.08. The van der Waals surface area contributed by atoms with Crippen LogP contribution < -0.4 is 10.0 Å². The Morgan fingerprint density at radius 1 is 1.25 bits per heavy atom. The monoisotopic (exact) mass is 302 g/mol. The summed E-state index contributed by atoms with van der Waals surface area (Å²) in [6.45, 7) is 1.76. The fraction of sp³-hybridized carbons (Fsp3) is 0.385. The Morgan fingerprint density at radius 2 is 1.95 bits per heavy atom. The van der Waals surface area contributed by atoms with Gasteiger partial charge in [0.25, 0.3) is 0 Å². The molecule has 1 aromatic rings. The quantitative estimate of drug-likeness (QED) is 0.812. The molecule has 20 heavy (non-hydrogen) atoms. The summed E-state index contributed by atoms with van der Waals surface area (Å²) in [6, 6.07) is 2.98. The molecule has 0 radical (unpaired) electrons. The predicted molar refractivity (Wildman–Crippen MR) is 71.7 cm³/mol. The number of benzene rings is 1. The average Bonchev–Trinajstić information content (AvgIpc) is 2.39. The lowest BCUT2D eigenvalue weighted by Crippen LogP contribution is -2.28. The van der Waals surface area contributed by atoms with Gasteiger partial charge in [-0.3, -0.25) is 0 Å². The summed E-state index contributed by atoms with van der Waals surface area (Å²) in [5.41, 5.74) is 1.14. The summed E-state index contributed by atoms with van der Waals surface area (Å²) in [7, 11) is -4.17. The van der Waals surface area contributed by atoms with Gasteiger partial charge in [-0.2, -0.15) is 0 Å². The molecule has 0 spiro atoms. The van der Waals surface area contributed by atoms with Crippen LogP contribution in [0.1, 0.15) is 12.8 Å². The van der Waals surface area contributed by atoms with Crippen molar-refractivity contribution in [2.24, 2.45) is 0 Å². The molecular weight excluding hydrogens is 286 g/mol. The Kier molecular flexibility index (Phi) is 4.85. The second-order valence-corrected chi connectivity index (χ2v) is 6.22. The SMILES string of the molecule is O=S(=O)(NCCC1=CCNCC1)c1c(F)cccc1F. The van der Waals surface area contributed by atoms with E-state index in [1.807, 2.05) is 6.08 Å². The lowest BCUT2D eigenvalue weighted by atomic mass is 10.1. The van der Waals surface area contributed by atoms with Crippen LogP contribution in [0.2, 0.25) is 0 Å². The number of nitrogens with one attached hydrogen (secondary N) is 2. The van der Waals surface area contributed by atoms with Crippen molar-refractivity contribution in [3.05, 3.63) is 41.5 Å². The van der Waals surface area contributed by atoms with E-state index < -0.39 is 26.6 Å². The number of halogens is 2. The number of hydrogen-bond donors (Lipinski definition) is 2. The van der Waals surface area contributed by atoms with Gasteiger partial charge in [-0.1, -0.05) is 17.7 Å². The van der Waals surface area contributed by atoms with Crippen LogP contribution in [0.25, 0.3) is 0 Å². The smallest absolute Gasteiger partial charge is 0.246 e. The number of sulfonamides is 1. The van der Waals surface area contributed by atoms with E-state index in [0.29, 0.717) is 6.42 Å². The van der Waals surface area contributed by atoms with Gasteiger partial charge in [-0.15, -0.1) is 0 Å². The first kappa shape index (κ1) is 15.1. The Morgan fingerprint density at radius 3 is 2.55 bits per heavy atom. The van der Waals surface area contributed by atoms with Crippen LogP contribution in [-0.4, -0.2) is 28.1 Å². The molecule has 0 aliphatic carbocycles. The molecule has 2 N–H and O–H groups in total. The molecule has 2 rings (SSSR count). The van der Waals surface area contributed by atoms with Crippen molar-refractivity contribution in [1.82, 2.24) is 10.0 Å². The molecule has 0 saturated carbocycles. The fourth-order valence-electron chi connectivity index (χ4n) is 2.05. The van der Waals surface area contributed by atoms with Crippen molar-refractivity contribution in [3.8, 4) is 0 Å². The van der Waals surface area contributed by atoms with E-state index in [9.17, 15) is 17.2 Å². The summed E-state index contributed by atoms with van der Waals surface area (Å²) in [5.74, 6) is -2.17. The first-order valence-electron chi connectivity index (χ1n) is 6.33. The molecule has 0 fully saturated rings. The molecule has 1 aliphatic heterocycles. The Hall–Kier alpha value is -1.31. The van der Waals surface area contributed by atoms with Crippen molar-refractivity contribution < 1.29 is 17.2 Å². The molecule has 0 atom stereocenters. The normalized spacial score (nSPS) is 16.0. The van der Waals surface area contributed by atoms with Gasteiger partial charge in [0, 0.05) is 13.1 Å². The molecule has 1 heterocycles. The molecule has 1 aromatic carbocycles. The van der Waals surface area contributed by atoms with Gasteiger partial charge >= 0.3 is 0 Å². The standard InChI is InChI=1S/C13H16F2N2O2S/c14-11-2-1-3-12(15)13(11)20(18,19)17-9-6-10-4-7-16-8-5-10/h1-4,16-17H,5-9H2. The predicted octanol–water partition coefficient (Wildman–Crippen LogP) is 1.55. The summed E-state index contributed by atoms with van der Waals surface area (Å²) in [6.07, 6.45) is 3.40. The van der Waals surface area contributed by atoms with E-state index >= 15 is 0 Å². The van der Waals surface area contributed by atoms with E-state index in [4.69, 9.17) is 0 Å². The van der Waals surface area contributed by atoms with Crippen LogP contribution in [0.4, 0.5) is 8.78 Å². The zero-order valence-corrected chi connectivity index (χ0v) is 11.6. The van der Waals surface area contributed by atoms with E-state index in [1.165, 1.54) is 0 Å². The highest BCUT2D eigenvalue weighted by molar-refractivity contribution is 7.89. The lowest BCUT2D eigenvalue weighted by Gasteiger charge is -2.14. The van der Waals surface area contributed by atoms with Crippen molar-refractivity contribution in [3.63, 3.8) is 0 Å². The highest BCUT2D eigenvalue weighted by Crippen LogP contribution is 2.18. The number of rotatable bonds is 5. The van der Waals surface area contributed by atoms with Gasteiger partial charge in [0.05, 0.1) is 0 Å². The highest BCUT2D eigenvalue weighted by atomic mass is 32.2. The molecule has 0 bridgehead atoms. The van der Waals surface area contributed by atoms with Gasteiger partial charge in [0.2, 0.25) is 10.0 Å². The average molecular weight is 302 g/mol. The maximum Gasteiger partial charge on any atom is 0.246 e. The molecule has 7 heteroatoms. The Balaban J connectivity index is 2.02. The molecule has 0 amide bonds.